The van der Waals surface area contributed by atoms with Crippen molar-refractivity contribution in [2.24, 2.45) is 7.05 Å². The number of nitrogens with zero attached hydrogens (tertiary/aromatic N) is 3. The van der Waals surface area contributed by atoms with E-state index in [1.165, 1.54) is 5.56 Å². The Hall–Kier alpha value is -2.62. The Morgan fingerprint density at radius 2 is 1.65 bits per heavy atom. The van der Waals surface area contributed by atoms with Gasteiger partial charge in [0, 0.05) is 24.0 Å². The second-order valence-electron chi connectivity index (χ2n) is 4.76. The summed E-state index contributed by atoms with van der Waals surface area (Å²) in [6.07, 6.45) is 1.92. The molecule has 0 saturated carbocycles. The SMILES string of the molecule is Cc1ccccc1Nc1ccccc1-c1cn(C)nn1. The summed E-state index contributed by atoms with van der Waals surface area (Å²) in [5.74, 6) is 0. The first-order valence-electron chi connectivity index (χ1n) is 6.52. The summed E-state index contributed by atoms with van der Waals surface area (Å²) in [5, 5.41) is 11.7. The van der Waals surface area contributed by atoms with Gasteiger partial charge in [0.1, 0.15) is 5.69 Å². The van der Waals surface area contributed by atoms with Crippen molar-refractivity contribution in [1.29, 1.82) is 0 Å². The van der Waals surface area contributed by atoms with E-state index in [0.29, 0.717) is 0 Å². The molecule has 0 spiro atoms. The third-order valence-corrected chi connectivity index (χ3v) is 3.22. The fourth-order valence-electron chi connectivity index (χ4n) is 2.14. The minimum absolute atomic E-state index is 0.865. The Morgan fingerprint density at radius 1 is 0.950 bits per heavy atom. The molecule has 0 amide bonds. The van der Waals surface area contributed by atoms with Crippen LogP contribution in [0.15, 0.2) is 54.7 Å². The van der Waals surface area contributed by atoms with E-state index in [-0.39, 0.29) is 0 Å². The lowest BCUT2D eigenvalue weighted by Crippen LogP contribution is -1.95. The van der Waals surface area contributed by atoms with Gasteiger partial charge in [-0.05, 0) is 24.6 Å². The molecule has 2 aromatic carbocycles. The molecule has 0 fully saturated rings. The number of para-hydroxylation sites is 2. The van der Waals surface area contributed by atoms with Gasteiger partial charge in [-0.25, -0.2) is 0 Å². The van der Waals surface area contributed by atoms with Crippen LogP contribution in [0.4, 0.5) is 11.4 Å². The van der Waals surface area contributed by atoms with Crippen LogP contribution >= 0.6 is 0 Å². The summed E-state index contributed by atoms with van der Waals surface area (Å²) in [6.45, 7) is 2.09. The number of aryl methyl sites for hydroxylation is 2. The van der Waals surface area contributed by atoms with Crippen molar-refractivity contribution in [1.82, 2.24) is 15.0 Å². The Labute approximate surface area is 118 Å². The Kier molecular flexibility index (Phi) is 3.21. The molecule has 0 atom stereocenters. The van der Waals surface area contributed by atoms with E-state index in [1.54, 1.807) is 4.68 Å². The van der Waals surface area contributed by atoms with Crippen molar-refractivity contribution in [2.75, 3.05) is 5.32 Å². The fraction of sp³-hybridized carbons (Fsp3) is 0.125. The second-order valence-corrected chi connectivity index (χ2v) is 4.76. The van der Waals surface area contributed by atoms with Crippen molar-refractivity contribution in [3.05, 3.63) is 60.3 Å². The van der Waals surface area contributed by atoms with Crippen molar-refractivity contribution in [2.45, 2.75) is 6.92 Å². The summed E-state index contributed by atoms with van der Waals surface area (Å²) in [7, 11) is 1.87. The maximum atomic E-state index is 4.18. The van der Waals surface area contributed by atoms with Crippen LogP contribution in [0.1, 0.15) is 5.56 Å². The zero-order valence-electron chi connectivity index (χ0n) is 11.5. The highest BCUT2D eigenvalue weighted by Gasteiger charge is 2.08. The highest BCUT2D eigenvalue weighted by atomic mass is 15.4. The number of benzene rings is 2. The van der Waals surface area contributed by atoms with Gasteiger partial charge in [0.2, 0.25) is 0 Å². The topological polar surface area (TPSA) is 42.7 Å². The number of nitrogens with one attached hydrogen (secondary N) is 1. The molecule has 1 heterocycles. The first-order chi connectivity index (χ1) is 9.74. The summed E-state index contributed by atoms with van der Waals surface area (Å²) >= 11 is 0. The average molecular weight is 264 g/mol. The summed E-state index contributed by atoms with van der Waals surface area (Å²) in [5.41, 5.74) is 5.25. The molecule has 3 rings (SSSR count). The van der Waals surface area contributed by atoms with Crippen molar-refractivity contribution in [3.8, 4) is 11.3 Å². The predicted molar refractivity (Wildman–Crippen MR) is 80.9 cm³/mol. The normalized spacial score (nSPS) is 10.5. The Balaban J connectivity index is 2.01. The standard InChI is InChI=1S/C16H16N4/c1-12-7-3-5-9-14(12)17-15-10-6-4-8-13(15)16-11-20(2)19-18-16/h3-11,17H,1-2H3. The van der Waals surface area contributed by atoms with Gasteiger partial charge in [-0.1, -0.05) is 41.6 Å². The van der Waals surface area contributed by atoms with Crippen LogP contribution in [0.2, 0.25) is 0 Å². The van der Waals surface area contributed by atoms with Gasteiger partial charge >= 0.3 is 0 Å². The first kappa shape index (κ1) is 12.4. The van der Waals surface area contributed by atoms with Crippen molar-refractivity contribution >= 4 is 11.4 Å². The summed E-state index contributed by atoms with van der Waals surface area (Å²) < 4.78 is 1.71. The van der Waals surface area contributed by atoms with Gasteiger partial charge in [0.25, 0.3) is 0 Å². The van der Waals surface area contributed by atoms with Gasteiger partial charge in [0.15, 0.2) is 0 Å². The van der Waals surface area contributed by atoms with E-state index in [4.69, 9.17) is 0 Å². The number of aromatic nitrogens is 3. The molecule has 100 valence electrons. The molecule has 1 aromatic heterocycles. The molecular weight excluding hydrogens is 248 g/mol. The molecular formula is C16H16N4. The molecule has 0 aliphatic carbocycles. The number of anilines is 2. The van der Waals surface area contributed by atoms with Crippen LogP contribution in [-0.2, 0) is 7.05 Å². The average Bonchev–Trinajstić information content (AvgIpc) is 2.88. The molecule has 0 radical (unpaired) electrons. The third kappa shape index (κ3) is 2.40. The molecule has 0 aliphatic rings. The zero-order valence-corrected chi connectivity index (χ0v) is 11.5. The minimum Gasteiger partial charge on any atom is -0.355 e. The summed E-state index contributed by atoms with van der Waals surface area (Å²) in [6, 6.07) is 16.3. The van der Waals surface area contributed by atoms with Crippen LogP contribution in [0.5, 0.6) is 0 Å². The monoisotopic (exact) mass is 264 g/mol. The lowest BCUT2D eigenvalue weighted by Gasteiger charge is -2.12. The fourth-order valence-corrected chi connectivity index (χ4v) is 2.14. The van der Waals surface area contributed by atoms with E-state index in [0.717, 1.165) is 22.6 Å². The lowest BCUT2D eigenvalue weighted by molar-refractivity contribution is 0.715. The van der Waals surface area contributed by atoms with Crippen LogP contribution < -0.4 is 5.32 Å². The molecule has 0 unspecified atom stereocenters. The van der Waals surface area contributed by atoms with Crippen LogP contribution in [0, 0.1) is 6.92 Å². The van der Waals surface area contributed by atoms with Crippen LogP contribution in [0.25, 0.3) is 11.3 Å². The van der Waals surface area contributed by atoms with Gasteiger partial charge in [-0.15, -0.1) is 5.10 Å². The molecule has 1 N–H and O–H groups in total. The molecule has 20 heavy (non-hydrogen) atoms. The molecule has 0 aliphatic heterocycles. The van der Waals surface area contributed by atoms with Gasteiger partial charge in [-0.2, -0.15) is 0 Å². The lowest BCUT2D eigenvalue weighted by atomic mass is 10.1. The number of hydrogen-bond donors (Lipinski definition) is 1. The first-order valence-corrected chi connectivity index (χ1v) is 6.52. The molecule has 4 heteroatoms. The molecule has 4 nitrogen and oxygen atoms in total. The molecule has 0 saturated heterocycles. The molecule has 0 bridgehead atoms. The highest BCUT2D eigenvalue weighted by Crippen LogP contribution is 2.29. The largest absolute Gasteiger partial charge is 0.355 e. The van der Waals surface area contributed by atoms with E-state index < -0.39 is 0 Å². The highest BCUT2D eigenvalue weighted by molar-refractivity contribution is 5.79. The quantitative estimate of drug-likeness (QED) is 0.787. The van der Waals surface area contributed by atoms with Gasteiger partial charge < -0.3 is 5.32 Å². The minimum atomic E-state index is 0.865. The zero-order chi connectivity index (χ0) is 13.9. The van der Waals surface area contributed by atoms with Crippen molar-refractivity contribution in [3.63, 3.8) is 0 Å². The van der Waals surface area contributed by atoms with E-state index >= 15 is 0 Å². The maximum Gasteiger partial charge on any atom is 0.115 e. The molecule has 3 aromatic rings. The smallest absolute Gasteiger partial charge is 0.115 e. The van der Waals surface area contributed by atoms with Gasteiger partial charge in [0.05, 0.1) is 6.20 Å². The van der Waals surface area contributed by atoms with Crippen molar-refractivity contribution < 1.29 is 0 Å². The predicted octanol–water partition coefficient (Wildman–Crippen LogP) is 3.53. The van der Waals surface area contributed by atoms with Crippen LogP contribution in [-0.4, -0.2) is 15.0 Å². The number of hydrogen-bond acceptors (Lipinski definition) is 3. The van der Waals surface area contributed by atoms with Crippen LogP contribution in [0.3, 0.4) is 0 Å². The van der Waals surface area contributed by atoms with Gasteiger partial charge in [-0.3, -0.25) is 4.68 Å². The van der Waals surface area contributed by atoms with E-state index in [1.807, 2.05) is 43.6 Å². The third-order valence-electron chi connectivity index (χ3n) is 3.22. The number of rotatable bonds is 3. The summed E-state index contributed by atoms with van der Waals surface area (Å²) in [4.78, 5) is 0. The van der Waals surface area contributed by atoms with E-state index in [2.05, 4.69) is 40.8 Å². The Bertz CT molecular complexity index is 731. The maximum absolute atomic E-state index is 4.18. The van der Waals surface area contributed by atoms with E-state index in [9.17, 15) is 0 Å². The Morgan fingerprint density at radius 3 is 2.35 bits per heavy atom. The second kappa shape index (κ2) is 5.17.